The average Bonchev–Trinajstić information content (AvgIpc) is 2.54. The van der Waals surface area contributed by atoms with Crippen LogP contribution in [0.4, 0.5) is 0 Å². The molecule has 0 bridgehead atoms. The Labute approximate surface area is 125 Å². The third-order valence-electron chi connectivity index (χ3n) is 3.55. The molecular weight excluding hydrogens is 268 g/mol. The Kier molecular flexibility index (Phi) is 6.06. The zero-order chi connectivity index (χ0) is 14.9. The van der Waals surface area contributed by atoms with Crippen LogP contribution in [0, 0.1) is 5.92 Å². The molecule has 1 aromatic rings. The van der Waals surface area contributed by atoms with Gasteiger partial charge in [-0.1, -0.05) is 19.3 Å². The van der Waals surface area contributed by atoms with Crippen molar-refractivity contribution in [1.29, 1.82) is 0 Å². The summed E-state index contributed by atoms with van der Waals surface area (Å²) in [6.07, 6.45) is 8.01. The molecule has 0 radical (unpaired) electrons. The van der Waals surface area contributed by atoms with Crippen molar-refractivity contribution in [1.82, 2.24) is 5.43 Å². The molecule has 1 aliphatic rings. The van der Waals surface area contributed by atoms with Crippen molar-refractivity contribution in [3.63, 3.8) is 0 Å². The molecule has 1 aliphatic carbocycles. The monoisotopic (exact) mass is 290 g/mol. The topological polar surface area (TPSA) is 59.9 Å². The Balaban J connectivity index is 1.67. The number of methoxy groups -OCH3 is 1. The average molecular weight is 290 g/mol. The molecule has 1 saturated carbocycles. The van der Waals surface area contributed by atoms with Crippen LogP contribution < -0.4 is 14.9 Å². The van der Waals surface area contributed by atoms with Crippen molar-refractivity contribution in [2.45, 2.75) is 32.1 Å². The van der Waals surface area contributed by atoms with Crippen LogP contribution in [-0.2, 0) is 4.79 Å². The molecule has 0 aromatic heterocycles. The summed E-state index contributed by atoms with van der Waals surface area (Å²) < 4.78 is 10.4. The van der Waals surface area contributed by atoms with Crippen LogP contribution in [-0.4, -0.2) is 25.8 Å². The highest BCUT2D eigenvalue weighted by Gasteiger charge is 2.10. The van der Waals surface area contributed by atoms with E-state index in [9.17, 15) is 4.79 Å². The minimum Gasteiger partial charge on any atom is -0.497 e. The smallest absolute Gasteiger partial charge is 0.277 e. The molecule has 21 heavy (non-hydrogen) atoms. The minimum atomic E-state index is -0.252. The first-order valence-corrected chi connectivity index (χ1v) is 7.37. The number of hydrazone groups is 1. The SMILES string of the molecule is COc1ccc(OCC(=O)NN=CC2CCCCC2)cc1. The third kappa shape index (κ3) is 5.45. The van der Waals surface area contributed by atoms with Gasteiger partial charge < -0.3 is 9.47 Å². The van der Waals surface area contributed by atoms with Crippen LogP contribution in [0.15, 0.2) is 29.4 Å². The van der Waals surface area contributed by atoms with Gasteiger partial charge >= 0.3 is 0 Å². The standard InChI is InChI=1S/C16H22N2O3/c1-20-14-7-9-15(10-8-14)21-12-16(19)18-17-11-13-5-3-2-4-6-13/h7-11,13H,2-6,12H2,1H3,(H,18,19). The molecule has 0 spiro atoms. The lowest BCUT2D eigenvalue weighted by Gasteiger charge is -2.16. The van der Waals surface area contributed by atoms with Crippen LogP contribution in [0.3, 0.4) is 0 Å². The first-order valence-electron chi connectivity index (χ1n) is 7.37. The largest absolute Gasteiger partial charge is 0.497 e. The maximum Gasteiger partial charge on any atom is 0.277 e. The maximum absolute atomic E-state index is 11.6. The van der Waals surface area contributed by atoms with E-state index in [-0.39, 0.29) is 12.5 Å². The number of amides is 1. The van der Waals surface area contributed by atoms with Crippen LogP contribution in [0.1, 0.15) is 32.1 Å². The minimum absolute atomic E-state index is 0.0473. The predicted molar refractivity (Wildman–Crippen MR) is 81.7 cm³/mol. The Bertz CT molecular complexity index is 465. The number of nitrogens with one attached hydrogen (secondary N) is 1. The molecular formula is C16H22N2O3. The van der Waals surface area contributed by atoms with Crippen molar-refractivity contribution in [3.8, 4) is 11.5 Å². The van der Waals surface area contributed by atoms with Gasteiger partial charge in [0.1, 0.15) is 11.5 Å². The third-order valence-corrected chi connectivity index (χ3v) is 3.55. The molecule has 0 atom stereocenters. The second kappa shape index (κ2) is 8.29. The molecule has 5 nitrogen and oxygen atoms in total. The highest BCUT2D eigenvalue weighted by molar-refractivity contribution is 5.78. The van der Waals surface area contributed by atoms with Crippen LogP contribution in [0.2, 0.25) is 0 Å². The lowest BCUT2D eigenvalue weighted by molar-refractivity contribution is -0.123. The summed E-state index contributed by atoms with van der Waals surface area (Å²) in [7, 11) is 1.60. The van der Waals surface area contributed by atoms with Gasteiger partial charge in [-0.25, -0.2) is 5.43 Å². The molecule has 1 N–H and O–H groups in total. The predicted octanol–water partition coefficient (Wildman–Crippen LogP) is 2.76. The van der Waals surface area contributed by atoms with E-state index in [0.717, 1.165) is 5.75 Å². The summed E-state index contributed by atoms with van der Waals surface area (Å²) in [5.41, 5.74) is 2.50. The number of benzene rings is 1. The fraction of sp³-hybridized carbons (Fsp3) is 0.500. The van der Waals surface area contributed by atoms with Crippen LogP contribution >= 0.6 is 0 Å². The number of carbonyl (C=O) groups excluding carboxylic acids is 1. The van der Waals surface area contributed by atoms with Gasteiger partial charge in [0.2, 0.25) is 0 Å². The zero-order valence-corrected chi connectivity index (χ0v) is 12.4. The summed E-state index contributed by atoms with van der Waals surface area (Å²) in [6.45, 7) is -0.0473. The number of carbonyl (C=O) groups is 1. The van der Waals surface area contributed by atoms with E-state index in [1.807, 2.05) is 6.21 Å². The van der Waals surface area contributed by atoms with Crippen LogP contribution in [0.5, 0.6) is 11.5 Å². The van der Waals surface area contributed by atoms with Crippen molar-refractivity contribution in [2.24, 2.45) is 11.0 Å². The Hall–Kier alpha value is -2.04. The number of hydrogen-bond acceptors (Lipinski definition) is 4. The van der Waals surface area contributed by atoms with Gasteiger partial charge in [-0.15, -0.1) is 0 Å². The summed E-state index contributed by atoms with van der Waals surface area (Å²) in [4.78, 5) is 11.6. The number of hydrogen-bond donors (Lipinski definition) is 1. The van der Waals surface area contributed by atoms with Crippen molar-refractivity contribution >= 4 is 12.1 Å². The Morgan fingerprint density at radius 3 is 2.57 bits per heavy atom. The first kappa shape index (κ1) is 15.4. The molecule has 0 saturated heterocycles. The first-order chi connectivity index (χ1) is 10.3. The van der Waals surface area contributed by atoms with Gasteiger partial charge in [-0.3, -0.25) is 4.79 Å². The Morgan fingerprint density at radius 2 is 1.90 bits per heavy atom. The fourth-order valence-electron chi connectivity index (χ4n) is 2.35. The van der Waals surface area contributed by atoms with Gasteiger partial charge in [0.25, 0.3) is 5.91 Å². The molecule has 0 heterocycles. The van der Waals surface area contributed by atoms with Crippen LogP contribution in [0.25, 0.3) is 0 Å². The van der Waals surface area contributed by atoms with Crippen molar-refractivity contribution < 1.29 is 14.3 Å². The van der Waals surface area contributed by atoms with E-state index >= 15 is 0 Å². The van der Waals surface area contributed by atoms with E-state index < -0.39 is 0 Å². The molecule has 114 valence electrons. The lowest BCUT2D eigenvalue weighted by atomic mass is 9.90. The highest BCUT2D eigenvalue weighted by Crippen LogP contribution is 2.21. The molecule has 1 fully saturated rings. The summed E-state index contributed by atoms with van der Waals surface area (Å²) in [5.74, 6) is 1.63. The van der Waals surface area contributed by atoms with E-state index in [0.29, 0.717) is 11.7 Å². The molecule has 1 aromatic carbocycles. The van der Waals surface area contributed by atoms with E-state index in [4.69, 9.17) is 9.47 Å². The van der Waals surface area contributed by atoms with Gasteiger partial charge in [-0.2, -0.15) is 5.10 Å². The molecule has 5 heteroatoms. The van der Waals surface area contributed by atoms with Gasteiger partial charge in [0.15, 0.2) is 6.61 Å². The summed E-state index contributed by atoms with van der Waals surface area (Å²) in [6, 6.07) is 7.09. The Morgan fingerprint density at radius 1 is 1.24 bits per heavy atom. The lowest BCUT2D eigenvalue weighted by Crippen LogP contribution is -2.25. The molecule has 0 unspecified atom stereocenters. The second-order valence-electron chi connectivity index (χ2n) is 5.18. The fourth-order valence-corrected chi connectivity index (χ4v) is 2.35. The normalized spacial score (nSPS) is 15.9. The molecule has 1 amide bonds. The van der Waals surface area contributed by atoms with Gasteiger partial charge in [0, 0.05) is 6.21 Å². The van der Waals surface area contributed by atoms with E-state index in [2.05, 4.69) is 10.5 Å². The van der Waals surface area contributed by atoms with Crippen molar-refractivity contribution in [3.05, 3.63) is 24.3 Å². The molecule has 0 aliphatic heterocycles. The summed E-state index contributed by atoms with van der Waals surface area (Å²) in [5, 5.41) is 4.01. The number of rotatable bonds is 6. The number of nitrogens with zero attached hydrogens (tertiary/aromatic N) is 1. The van der Waals surface area contributed by atoms with E-state index in [1.54, 1.807) is 31.4 Å². The van der Waals surface area contributed by atoms with Gasteiger partial charge in [0.05, 0.1) is 7.11 Å². The zero-order valence-electron chi connectivity index (χ0n) is 12.4. The second-order valence-corrected chi connectivity index (χ2v) is 5.18. The van der Waals surface area contributed by atoms with Gasteiger partial charge in [-0.05, 0) is 43.0 Å². The molecule has 2 rings (SSSR count). The number of ether oxygens (including phenoxy) is 2. The van der Waals surface area contributed by atoms with Crippen molar-refractivity contribution in [2.75, 3.05) is 13.7 Å². The quantitative estimate of drug-likeness (QED) is 0.647. The maximum atomic E-state index is 11.6. The highest BCUT2D eigenvalue weighted by atomic mass is 16.5. The summed E-state index contributed by atoms with van der Waals surface area (Å²) >= 11 is 0. The van der Waals surface area contributed by atoms with E-state index in [1.165, 1.54) is 32.1 Å².